The molecule has 9 heteroatoms. The van der Waals surface area contributed by atoms with Gasteiger partial charge in [-0.25, -0.2) is 4.68 Å². The zero-order valence-electron chi connectivity index (χ0n) is 19.1. The van der Waals surface area contributed by atoms with Gasteiger partial charge in [-0.1, -0.05) is 37.3 Å². The van der Waals surface area contributed by atoms with Crippen molar-refractivity contribution in [2.45, 2.75) is 26.3 Å². The summed E-state index contributed by atoms with van der Waals surface area (Å²) in [6.45, 7) is 3.74. The van der Waals surface area contributed by atoms with Crippen LogP contribution in [0.25, 0.3) is 11.3 Å². The van der Waals surface area contributed by atoms with Gasteiger partial charge in [0.05, 0.1) is 5.69 Å². The zero-order valence-corrected chi connectivity index (χ0v) is 19.1. The fourth-order valence-corrected chi connectivity index (χ4v) is 3.14. The van der Waals surface area contributed by atoms with E-state index in [2.05, 4.69) is 21.0 Å². The van der Waals surface area contributed by atoms with E-state index < -0.39 is 6.04 Å². The lowest BCUT2D eigenvalue weighted by molar-refractivity contribution is -0.124. The Hall–Kier alpha value is -4.27. The number of nitrogens with one attached hydrogen (secondary N) is 3. The topological polar surface area (TPSA) is 122 Å². The van der Waals surface area contributed by atoms with Crippen molar-refractivity contribution in [3.63, 3.8) is 0 Å². The van der Waals surface area contributed by atoms with Gasteiger partial charge in [0.1, 0.15) is 6.04 Å². The van der Waals surface area contributed by atoms with E-state index in [0.29, 0.717) is 23.4 Å². The number of amides is 3. The standard InChI is InChI=1S/C25H27N5O4/c1-3-22(31)28-20-11-9-19(10-12-20)25(34)27-16-15-26-24(33)17(2)30-23(32)14-13-21(29-30)18-7-5-4-6-8-18/h4-14,17H,3,15-16H2,1-2H3,(H,26,33)(H,27,34)(H,28,31). The van der Waals surface area contributed by atoms with Gasteiger partial charge in [0.15, 0.2) is 0 Å². The van der Waals surface area contributed by atoms with Gasteiger partial charge in [0, 0.05) is 42.4 Å². The Morgan fingerprint density at radius 1 is 0.912 bits per heavy atom. The third-order valence-corrected chi connectivity index (χ3v) is 5.10. The van der Waals surface area contributed by atoms with Crippen LogP contribution in [0.5, 0.6) is 0 Å². The van der Waals surface area contributed by atoms with Crippen LogP contribution in [-0.4, -0.2) is 40.6 Å². The second kappa shape index (κ2) is 11.6. The van der Waals surface area contributed by atoms with Crippen LogP contribution in [0.4, 0.5) is 5.69 Å². The fraction of sp³-hybridized carbons (Fsp3) is 0.240. The predicted octanol–water partition coefficient (Wildman–Crippen LogP) is 2.37. The third kappa shape index (κ3) is 6.38. The highest BCUT2D eigenvalue weighted by Gasteiger charge is 2.18. The summed E-state index contributed by atoms with van der Waals surface area (Å²) in [4.78, 5) is 48.5. The molecule has 0 aliphatic heterocycles. The van der Waals surface area contributed by atoms with Gasteiger partial charge in [0.25, 0.3) is 11.5 Å². The van der Waals surface area contributed by atoms with Crippen molar-refractivity contribution in [1.29, 1.82) is 0 Å². The Bertz CT molecular complexity index is 1210. The number of hydrogen-bond acceptors (Lipinski definition) is 5. The predicted molar refractivity (Wildman–Crippen MR) is 129 cm³/mol. The molecule has 1 unspecified atom stereocenters. The molecule has 0 aliphatic carbocycles. The molecule has 0 fully saturated rings. The summed E-state index contributed by atoms with van der Waals surface area (Å²) in [5, 5.41) is 12.5. The van der Waals surface area contributed by atoms with Crippen molar-refractivity contribution in [3.8, 4) is 11.3 Å². The summed E-state index contributed by atoms with van der Waals surface area (Å²) in [5.74, 6) is -0.791. The molecule has 34 heavy (non-hydrogen) atoms. The maximum Gasteiger partial charge on any atom is 0.267 e. The van der Waals surface area contributed by atoms with Crippen molar-refractivity contribution in [3.05, 3.63) is 82.6 Å². The van der Waals surface area contributed by atoms with Crippen molar-refractivity contribution in [2.24, 2.45) is 0 Å². The SMILES string of the molecule is CCC(=O)Nc1ccc(C(=O)NCCNC(=O)C(C)n2nc(-c3ccccc3)ccc2=O)cc1. The molecule has 2 aromatic carbocycles. The van der Waals surface area contributed by atoms with Crippen LogP contribution in [0.3, 0.4) is 0 Å². The highest BCUT2D eigenvalue weighted by atomic mass is 16.2. The smallest absolute Gasteiger partial charge is 0.267 e. The van der Waals surface area contributed by atoms with Crippen LogP contribution in [-0.2, 0) is 9.59 Å². The summed E-state index contributed by atoms with van der Waals surface area (Å²) >= 11 is 0. The summed E-state index contributed by atoms with van der Waals surface area (Å²) < 4.78 is 1.15. The van der Waals surface area contributed by atoms with Crippen molar-refractivity contribution < 1.29 is 14.4 Å². The van der Waals surface area contributed by atoms with Crippen LogP contribution >= 0.6 is 0 Å². The van der Waals surface area contributed by atoms with E-state index in [9.17, 15) is 19.2 Å². The second-order valence-electron chi connectivity index (χ2n) is 7.57. The lowest BCUT2D eigenvalue weighted by atomic mass is 10.1. The lowest BCUT2D eigenvalue weighted by Gasteiger charge is -2.15. The van der Waals surface area contributed by atoms with Gasteiger partial charge >= 0.3 is 0 Å². The first-order chi connectivity index (χ1) is 16.4. The number of carbonyl (C=O) groups is 3. The number of anilines is 1. The summed E-state index contributed by atoms with van der Waals surface area (Å²) in [6, 6.07) is 18.1. The van der Waals surface area contributed by atoms with E-state index in [1.165, 1.54) is 6.07 Å². The van der Waals surface area contributed by atoms with Crippen molar-refractivity contribution >= 4 is 23.4 Å². The molecular formula is C25H27N5O4. The number of carbonyl (C=O) groups excluding carboxylic acids is 3. The average molecular weight is 462 g/mol. The van der Waals surface area contributed by atoms with Gasteiger partial charge in [-0.05, 0) is 37.3 Å². The highest BCUT2D eigenvalue weighted by Crippen LogP contribution is 2.15. The van der Waals surface area contributed by atoms with Crippen LogP contribution in [0.15, 0.2) is 71.5 Å². The van der Waals surface area contributed by atoms with E-state index in [4.69, 9.17) is 0 Å². The average Bonchev–Trinajstić information content (AvgIpc) is 2.87. The number of nitrogens with zero attached hydrogens (tertiary/aromatic N) is 2. The molecule has 0 bridgehead atoms. The second-order valence-corrected chi connectivity index (χ2v) is 7.57. The van der Waals surface area contributed by atoms with Gasteiger partial charge in [-0.3, -0.25) is 19.2 Å². The molecule has 3 amide bonds. The van der Waals surface area contributed by atoms with E-state index in [1.807, 2.05) is 30.3 Å². The minimum absolute atomic E-state index is 0.105. The van der Waals surface area contributed by atoms with Crippen LogP contribution in [0.1, 0.15) is 36.7 Å². The molecule has 1 heterocycles. The van der Waals surface area contributed by atoms with E-state index in [0.717, 1.165) is 10.2 Å². The Balaban J connectivity index is 1.51. The van der Waals surface area contributed by atoms with Crippen molar-refractivity contribution in [2.75, 3.05) is 18.4 Å². The van der Waals surface area contributed by atoms with Gasteiger partial charge < -0.3 is 16.0 Å². The Labute approximate surface area is 197 Å². The van der Waals surface area contributed by atoms with Gasteiger partial charge in [0.2, 0.25) is 11.8 Å². The van der Waals surface area contributed by atoms with E-state index in [-0.39, 0.29) is 36.4 Å². The summed E-state index contributed by atoms with van der Waals surface area (Å²) in [6.07, 6.45) is 0.371. The minimum Gasteiger partial charge on any atom is -0.352 e. The molecule has 0 saturated heterocycles. The molecule has 1 aromatic heterocycles. The van der Waals surface area contributed by atoms with Crippen LogP contribution in [0.2, 0.25) is 0 Å². The van der Waals surface area contributed by atoms with Crippen molar-refractivity contribution in [1.82, 2.24) is 20.4 Å². The first-order valence-corrected chi connectivity index (χ1v) is 11.0. The van der Waals surface area contributed by atoms with E-state index in [1.54, 1.807) is 44.2 Å². The number of benzene rings is 2. The Morgan fingerprint density at radius 2 is 1.59 bits per heavy atom. The molecule has 9 nitrogen and oxygen atoms in total. The largest absolute Gasteiger partial charge is 0.352 e. The maximum absolute atomic E-state index is 12.6. The highest BCUT2D eigenvalue weighted by molar-refractivity contribution is 5.95. The van der Waals surface area contributed by atoms with Crippen LogP contribution < -0.4 is 21.5 Å². The molecule has 3 N–H and O–H groups in total. The number of hydrogen-bond donors (Lipinski definition) is 3. The normalized spacial score (nSPS) is 11.4. The molecule has 176 valence electrons. The van der Waals surface area contributed by atoms with Gasteiger partial charge in [-0.2, -0.15) is 5.10 Å². The monoisotopic (exact) mass is 461 g/mol. The molecule has 0 radical (unpaired) electrons. The minimum atomic E-state index is -0.822. The summed E-state index contributed by atoms with van der Waals surface area (Å²) in [5.41, 5.74) is 2.10. The first kappa shape index (κ1) is 24.4. The number of aromatic nitrogens is 2. The molecule has 0 aliphatic rings. The molecule has 0 spiro atoms. The third-order valence-electron chi connectivity index (χ3n) is 5.10. The molecular weight excluding hydrogens is 434 g/mol. The molecule has 0 saturated carbocycles. The quantitative estimate of drug-likeness (QED) is 0.422. The van der Waals surface area contributed by atoms with Gasteiger partial charge in [-0.15, -0.1) is 0 Å². The number of rotatable bonds is 9. The lowest BCUT2D eigenvalue weighted by Crippen LogP contribution is -2.40. The maximum atomic E-state index is 12.6. The van der Waals surface area contributed by atoms with E-state index >= 15 is 0 Å². The summed E-state index contributed by atoms with van der Waals surface area (Å²) in [7, 11) is 0. The molecule has 3 rings (SSSR count). The first-order valence-electron chi connectivity index (χ1n) is 11.0. The Kier molecular flexibility index (Phi) is 8.28. The Morgan fingerprint density at radius 3 is 2.26 bits per heavy atom. The zero-order chi connectivity index (χ0) is 24.5. The van der Waals surface area contributed by atoms with Crippen LogP contribution in [0, 0.1) is 0 Å². The fourth-order valence-electron chi connectivity index (χ4n) is 3.14. The molecule has 1 atom stereocenters. The molecule has 3 aromatic rings.